The zero-order valence-corrected chi connectivity index (χ0v) is 7.76. The minimum absolute atomic E-state index is 0.0360. The van der Waals surface area contributed by atoms with Crippen LogP contribution in [0.5, 0.6) is 0 Å². The minimum atomic E-state index is -0.333. The summed E-state index contributed by atoms with van der Waals surface area (Å²) in [5.41, 5.74) is 0.0360. The summed E-state index contributed by atoms with van der Waals surface area (Å²) in [5.74, 6) is 0. The van der Waals surface area contributed by atoms with Gasteiger partial charge in [0, 0.05) is 11.5 Å². The maximum atomic E-state index is 11.0. The number of alkyl carbamates (subject to hydrolysis) is 1. The maximum absolute atomic E-state index is 11.0. The van der Waals surface area contributed by atoms with Gasteiger partial charge in [0.25, 0.3) is 0 Å². The lowest BCUT2D eigenvalue weighted by Gasteiger charge is -2.12. The fourth-order valence-corrected chi connectivity index (χ4v) is 0.737. The molecule has 0 heterocycles. The van der Waals surface area contributed by atoms with E-state index in [1.165, 1.54) is 0 Å². The number of amides is 1. The maximum Gasteiger partial charge on any atom is 0.407 e. The van der Waals surface area contributed by atoms with E-state index in [0.29, 0.717) is 6.61 Å². The number of ether oxygens (including phenoxy) is 1. The number of hydrogen-bond acceptors (Lipinski definition) is 2. The van der Waals surface area contributed by atoms with Gasteiger partial charge in [-0.2, -0.15) is 0 Å². The molecule has 1 aliphatic carbocycles. The summed E-state index contributed by atoms with van der Waals surface area (Å²) in [6.07, 6.45) is 3.71. The number of rotatable bonds is 3. The number of hydrogen-bond donors (Lipinski definition) is 1. The monoisotopic (exact) mass is 169 g/mol. The molecule has 0 aliphatic heterocycles. The van der Waals surface area contributed by atoms with Gasteiger partial charge in [-0.25, -0.2) is 4.79 Å². The molecule has 3 nitrogen and oxygen atoms in total. The normalized spacial score (nSPS) is 17.7. The van der Waals surface area contributed by atoms with Gasteiger partial charge in [-0.3, -0.25) is 0 Å². The Balaban J connectivity index is 2.10. The second-order valence-electron chi connectivity index (χ2n) is 3.71. The summed E-state index contributed by atoms with van der Waals surface area (Å²) in [7, 11) is 0. The highest BCUT2D eigenvalue weighted by Gasteiger charge is 2.29. The van der Waals surface area contributed by atoms with Crippen molar-refractivity contribution < 1.29 is 9.53 Å². The molecular weight excluding hydrogens is 154 g/mol. The molecular formula is C9H15NO2. The lowest BCUT2D eigenvalue weighted by atomic mass is 10.1. The molecule has 0 bridgehead atoms. The molecule has 68 valence electrons. The molecule has 0 fully saturated rings. The second-order valence-corrected chi connectivity index (χ2v) is 3.71. The smallest absolute Gasteiger partial charge is 0.407 e. The van der Waals surface area contributed by atoms with Crippen molar-refractivity contribution in [1.82, 2.24) is 5.32 Å². The summed E-state index contributed by atoms with van der Waals surface area (Å²) in [4.78, 5) is 11.0. The van der Waals surface area contributed by atoms with Crippen molar-refractivity contribution in [2.24, 2.45) is 5.41 Å². The van der Waals surface area contributed by atoms with Gasteiger partial charge in [0.05, 0.1) is 0 Å². The molecule has 0 atom stereocenters. The molecule has 0 radical (unpaired) electrons. The Morgan fingerprint density at radius 2 is 2.17 bits per heavy atom. The molecule has 0 aromatic heterocycles. The Kier molecular flexibility index (Phi) is 2.40. The first-order chi connectivity index (χ1) is 5.52. The van der Waals surface area contributed by atoms with Crippen LogP contribution in [0.4, 0.5) is 4.79 Å². The van der Waals surface area contributed by atoms with E-state index in [2.05, 4.69) is 5.32 Å². The van der Waals surface area contributed by atoms with Gasteiger partial charge in [0.2, 0.25) is 0 Å². The van der Waals surface area contributed by atoms with Crippen LogP contribution in [0.15, 0.2) is 12.2 Å². The predicted octanol–water partition coefficient (Wildman–Crippen LogP) is 1.70. The molecule has 0 aromatic carbocycles. The molecule has 12 heavy (non-hydrogen) atoms. The van der Waals surface area contributed by atoms with E-state index in [1.54, 1.807) is 0 Å². The third-order valence-electron chi connectivity index (χ3n) is 1.66. The highest BCUT2D eigenvalue weighted by molar-refractivity contribution is 5.67. The Morgan fingerprint density at radius 3 is 2.58 bits per heavy atom. The summed E-state index contributed by atoms with van der Waals surface area (Å²) < 4.78 is 4.97. The standard InChI is InChI=1S/C9H15NO2/c1-7(2)10-8(11)12-6-9(3)4-5-9/h4-5,7H,6H2,1-3H3,(H,10,11). The minimum Gasteiger partial charge on any atom is -0.448 e. The molecule has 0 spiro atoms. The van der Waals surface area contributed by atoms with Crippen LogP contribution in [0.1, 0.15) is 20.8 Å². The Bertz CT molecular complexity index is 203. The summed E-state index contributed by atoms with van der Waals surface area (Å²) in [6.45, 7) is 6.28. The summed E-state index contributed by atoms with van der Waals surface area (Å²) >= 11 is 0. The average Bonchev–Trinajstić information content (AvgIpc) is 2.64. The summed E-state index contributed by atoms with van der Waals surface area (Å²) in [5, 5.41) is 2.65. The predicted molar refractivity (Wildman–Crippen MR) is 46.9 cm³/mol. The Hall–Kier alpha value is -0.990. The molecule has 1 aliphatic rings. The van der Waals surface area contributed by atoms with Gasteiger partial charge in [-0.1, -0.05) is 12.2 Å². The number of carbonyl (C=O) groups is 1. The van der Waals surface area contributed by atoms with Crippen molar-refractivity contribution in [3.05, 3.63) is 12.2 Å². The third-order valence-corrected chi connectivity index (χ3v) is 1.66. The van der Waals surface area contributed by atoms with Gasteiger partial charge in [0.15, 0.2) is 0 Å². The van der Waals surface area contributed by atoms with E-state index < -0.39 is 0 Å². The van der Waals surface area contributed by atoms with E-state index >= 15 is 0 Å². The van der Waals surface area contributed by atoms with Crippen LogP contribution in [0.3, 0.4) is 0 Å². The first kappa shape index (κ1) is 9.10. The van der Waals surface area contributed by atoms with E-state index in [1.807, 2.05) is 32.9 Å². The first-order valence-corrected chi connectivity index (χ1v) is 4.15. The van der Waals surface area contributed by atoms with Crippen LogP contribution in [0, 0.1) is 5.41 Å². The Labute approximate surface area is 72.8 Å². The molecule has 1 N–H and O–H groups in total. The molecule has 3 heteroatoms. The summed E-state index contributed by atoms with van der Waals surface area (Å²) in [6, 6.07) is 0.137. The highest BCUT2D eigenvalue weighted by Crippen LogP contribution is 2.33. The van der Waals surface area contributed by atoms with E-state index in [0.717, 1.165) is 0 Å². The van der Waals surface area contributed by atoms with Gasteiger partial charge in [-0.05, 0) is 20.8 Å². The molecule has 1 amide bonds. The van der Waals surface area contributed by atoms with Gasteiger partial charge in [-0.15, -0.1) is 0 Å². The number of carbonyl (C=O) groups excluding carboxylic acids is 1. The average molecular weight is 169 g/mol. The lowest BCUT2D eigenvalue weighted by Crippen LogP contribution is -2.32. The zero-order valence-electron chi connectivity index (χ0n) is 7.76. The van der Waals surface area contributed by atoms with Gasteiger partial charge in [0.1, 0.15) is 6.61 Å². The van der Waals surface area contributed by atoms with Crippen molar-refractivity contribution in [2.75, 3.05) is 6.61 Å². The fourth-order valence-electron chi connectivity index (χ4n) is 0.737. The largest absolute Gasteiger partial charge is 0.448 e. The molecule has 0 saturated heterocycles. The lowest BCUT2D eigenvalue weighted by molar-refractivity contribution is 0.128. The van der Waals surface area contributed by atoms with Crippen molar-refractivity contribution in [3.63, 3.8) is 0 Å². The quantitative estimate of drug-likeness (QED) is 0.653. The van der Waals surface area contributed by atoms with Crippen LogP contribution in [-0.2, 0) is 4.74 Å². The molecule has 0 unspecified atom stereocenters. The van der Waals surface area contributed by atoms with Crippen molar-refractivity contribution in [1.29, 1.82) is 0 Å². The van der Waals surface area contributed by atoms with Crippen LogP contribution in [0.2, 0.25) is 0 Å². The highest BCUT2D eigenvalue weighted by atomic mass is 16.5. The molecule has 0 aromatic rings. The fraction of sp³-hybridized carbons (Fsp3) is 0.667. The van der Waals surface area contributed by atoms with E-state index in [-0.39, 0.29) is 17.6 Å². The first-order valence-electron chi connectivity index (χ1n) is 4.15. The zero-order chi connectivity index (χ0) is 9.19. The second kappa shape index (κ2) is 3.17. The van der Waals surface area contributed by atoms with Gasteiger partial charge < -0.3 is 10.1 Å². The van der Waals surface area contributed by atoms with Crippen LogP contribution >= 0.6 is 0 Å². The van der Waals surface area contributed by atoms with Crippen molar-refractivity contribution in [2.45, 2.75) is 26.8 Å². The van der Waals surface area contributed by atoms with Crippen LogP contribution < -0.4 is 5.32 Å². The van der Waals surface area contributed by atoms with E-state index in [4.69, 9.17) is 4.74 Å². The molecule has 1 rings (SSSR count). The van der Waals surface area contributed by atoms with Crippen LogP contribution in [-0.4, -0.2) is 18.7 Å². The van der Waals surface area contributed by atoms with Crippen molar-refractivity contribution in [3.8, 4) is 0 Å². The Morgan fingerprint density at radius 1 is 1.58 bits per heavy atom. The number of nitrogens with one attached hydrogen (secondary N) is 1. The third kappa shape index (κ3) is 2.95. The van der Waals surface area contributed by atoms with Crippen molar-refractivity contribution >= 4 is 6.09 Å². The topological polar surface area (TPSA) is 38.3 Å². The van der Waals surface area contributed by atoms with E-state index in [9.17, 15) is 4.79 Å². The van der Waals surface area contributed by atoms with Gasteiger partial charge >= 0.3 is 6.09 Å². The SMILES string of the molecule is CC(C)NC(=O)OCC1(C)C=C1. The molecule has 0 saturated carbocycles. The van der Waals surface area contributed by atoms with Crippen LogP contribution in [0.25, 0.3) is 0 Å².